The molecule has 0 atom stereocenters. The smallest absolute Gasteiger partial charge is 0.228 e. The molecule has 0 saturated heterocycles. The summed E-state index contributed by atoms with van der Waals surface area (Å²) in [6.45, 7) is 13.1. The van der Waals surface area contributed by atoms with Crippen LogP contribution in [0.15, 0.2) is 9.52 Å². The predicted octanol–water partition coefficient (Wildman–Crippen LogP) is 2.73. The molecule has 0 saturated carbocycles. The topological polar surface area (TPSA) is 75.3 Å². The van der Waals surface area contributed by atoms with Crippen molar-refractivity contribution in [2.45, 2.75) is 59.8 Å². The van der Waals surface area contributed by atoms with Crippen molar-refractivity contribution in [2.75, 3.05) is 19.6 Å². The van der Waals surface area contributed by atoms with Gasteiger partial charge in [-0.3, -0.25) is 4.99 Å². The Morgan fingerprint density at radius 1 is 1.23 bits per heavy atom. The number of rotatable bonds is 9. The first-order chi connectivity index (χ1) is 10.5. The molecular formula is C16H31N5O. The van der Waals surface area contributed by atoms with E-state index < -0.39 is 0 Å². The molecule has 0 unspecified atom stereocenters. The van der Waals surface area contributed by atoms with Crippen molar-refractivity contribution in [2.24, 2.45) is 10.9 Å². The van der Waals surface area contributed by atoms with Gasteiger partial charge >= 0.3 is 0 Å². The molecular weight excluding hydrogens is 278 g/mol. The van der Waals surface area contributed by atoms with Crippen molar-refractivity contribution in [1.82, 2.24) is 20.8 Å². The summed E-state index contributed by atoms with van der Waals surface area (Å²) in [4.78, 5) is 8.95. The number of hydrogen-bond acceptors (Lipinski definition) is 4. The second-order valence-electron chi connectivity index (χ2n) is 6.17. The van der Waals surface area contributed by atoms with Gasteiger partial charge in [0.2, 0.25) is 5.89 Å². The number of guanidine groups is 1. The zero-order valence-electron chi connectivity index (χ0n) is 14.6. The van der Waals surface area contributed by atoms with Crippen LogP contribution in [0, 0.1) is 5.92 Å². The number of aromatic nitrogens is 2. The van der Waals surface area contributed by atoms with Gasteiger partial charge in [0.05, 0.1) is 0 Å². The molecule has 1 aromatic heterocycles. The quantitative estimate of drug-likeness (QED) is 0.417. The number of hydrogen-bond donors (Lipinski definition) is 2. The minimum absolute atomic E-state index is 0.297. The monoisotopic (exact) mass is 309 g/mol. The van der Waals surface area contributed by atoms with Crippen LogP contribution >= 0.6 is 0 Å². The van der Waals surface area contributed by atoms with Crippen LogP contribution in [-0.4, -0.2) is 35.7 Å². The lowest BCUT2D eigenvalue weighted by Crippen LogP contribution is -2.38. The third kappa shape index (κ3) is 7.43. The van der Waals surface area contributed by atoms with Crippen molar-refractivity contribution in [3.05, 3.63) is 11.7 Å². The summed E-state index contributed by atoms with van der Waals surface area (Å²) in [6, 6.07) is 0. The van der Waals surface area contributed by atoms with Gasteiger partial charge in [0.25, 0.3) is 0 Å². The van der Waals surface area contributed by atoms with Gasteiger partial charge < -0.3 is 15.2 Å². The van der Waals surface area contributed by atoms with E-state index in [1.807, 2.05) is 0 Å². The molecule has 2 N–H and O–H groups in total. The molecule has 0 aliphatic heterocycles. The van der Waals surface area contributed by atoms with Gasteiger partial charge in [-0.1, -0.05) is 32.9 Å². The molecule has 0 radical (unpaired) electrons. The highest BCUT2D eigenvalue weighted by Crippen LogP contribution is 2.09. The van der Waals surface area contributed by atoms with Crippen molar-refractivity contribution >= 4 is 5.96 Å². The molecule has 0 aliphatic carbocycles. The maximum atomic E-state index is 5.23. The molecule has 1 aromatic rings. The molecule has 0 amide bonds. The normalized spacial score (nSPS) is 12.2. The Labute approximate surface area is 134 Å². The summed E-state index contributed by atoms with van der Waals surface area (Å²) in [7, 11) is 0. The standard InChI is InChI=1S/C16H31N5O/c1-6-17-16(18-10-7-8-12(2)3)19-11-9-14-20-15(13(4)5)21-22-14/h12-13H,6-11H2,1-5H3,(H2,17,18,19). The van der Waals surface area contributed by atoms with Crippen molar-refractivity contribution in [1.29, 1.82) is 0 Å². The highest BCUT2D eigenvalue weighted by atomic mass is 16.5. The van der Waals surface area contributed by atoms with E-state index in [2.05, 4.69) is 60.4 Å². The second kappa shape index (κ2) is 10.2. The fourth-order valence-electron chi connectivity index (χ4n) is 1.92. The minimum atomic E-state index is 0.297. The Balaban J connectivity index is 2.34. The first-order valence-corrected chi connectivity index (χ1v) is 8.37. The highest BCUT2D eigenvalue weighted by Gasteiger charge is 2.09. The van der Waals surface area contributed by atoms with Gasteiger partial charge in [-0.15, -0.1) is 0 Å². The molecule has 6 nitrogen and oxygen atoms in total. The van der Waals surface area contributed by atoms with Crippen LogP contribution < -0.4 is 10.6 Å². The zero-order chi connectivity index (χ0) is 16.4. The van der Waals surface area contributed by atoms with Crippen LogP contribution in [0.2, 0.25) is 0 Å². The highest BCUT2D eigenvalue weighted by molar-refractivity contribution is 5.79. The lowest BCUT2D eigenvalue weighted by atomic mass is 10.1. The van der Waals surface area contributed by atoms with Gasteiger partial charge in [0.15, 0.2) is 11.8 Å². The van der Waals surface area contributed by atoms with Gasteiger partial charge in [-0.2, -0.15) is 4.98 Å². The SMILES string of the molecule is CCNC(=NCCCC(C)C)NCCc1nc(C(C)C)no1. The van der Waals surface area contributed by atoms with Gasteiger partial charge in [-0.05, 0) is 25.7 Å². The van der Waals surface area contributed by atoms with E-state index in [4.69, 9.17) is 4.52 Å². The molecule has 0 bridgehead atoms. The summed E-state index contributed by atoms with van der Waals surface area (Å²) < 4.78 is 5.23. The van der Waals surface area contributed by atoms with Crippen LogP contribution in [0.3, 0.4) is 0 Å². The predicted molar refractivity (Wildman–Crippen MR) is 90.1 cm³/mol. The van der Waals surface area contributed by atoms with E-state index in [-0.39, 0.29) is 0 Å². The fourth-order valence-corrected chi connectivity index (χ4v) is 1.92. The number of nitrogens with zero attached hydrogens (tertiary/aromatic N) is 3. The molecule has 22 heavy (non-hydrogen) atoms. The van der Waals surface area contributed by atoms with Crippen molar-refractivity contribution < 1.29 is 4.52 Å². The van der Waals surface area contributed by atoms with Crippen molar-refractivity contribution in [3.8, 4) is 0 Å². The van der Waals surface area contributed by atoms with Crippen LogP contribution in [0.1, 0.15) is 65.1 Å². The Bertz CT molecular complexity index is 439. The van der Waals surface area contributed by atoms with E-state index in [9.17, 15) is 0 Å². The van der Waals surface area contributed by atoms with Crippen LogP contribution in [0.4, 0.5) is 0 Å². The molecule has 126 valence electrons. The van der Waals surface area contributed by atoms with E-state index in [1.165, 1.54) is 6.42 Å². The first kappa shape index (κ1) is 18.5. The van der Waals surface area contributed by atoms with E-state index in [0.29, 0.717) is 18.2 Å². The third-order valence-electron chi connectivity index (χ3n) is 3.19. The molecule has 0 spiro atoms. The number of aliphatic imine (C=N–C) groups is 1. The zero-order valence-corrected chi connectivity index (χ0v) is 14.6. The van der Waals surface area contributed by atoms with Gasteiger partial charge in [-0.25, -0.2) is 0 Å². The fraction of sp³-hybridized carbons (Fsp3) is 0.812. The Morgan fingerprint density at radius 3 is 2.59 bits per heavy atom. The van der Waals surface area contributed by atoms with Crippen LogP contribution in [0.5, 0.6) is 0 Å². The van der Waals surface area contributed by atoms with Crippen LogP contribution in [-0.2, 0) is 6.42 Å². The summed E-state index contributed by atoms with van der Waals surface area (Å²) in [6.07, 6.45) is 3.04. The van der Waals surface area contributed by atoms with Crippen molar-refractivity contribution in [3.63, 3.8) is 0 Å². The molecule has 6 heteroatoms. The minimum Gasteiger partial charge on any atom is -0.357 e. The van der Waals surface area contributed by atoms with E-state index >= 15 is 0 Å². The maximum Gasteiger partial charge on any atom is 0.228 e. The average molecular weight is 309 g/mol. The van der Waals surface area contributed by atoms with E-state index in [0.717, 1.165) is 43.8 Å². The molecule has 0 aromatic carbocycles. The Kier molecular flexibility index (Phi) is 8.55. The van der Waals surface area contributed by atoms with Gasteiger partial charge in [0.1, 0.15) is 0 Å². The lowest BCUT2D eigenvalue weighted by molar-refractivity contribution is 0.371. The average Bonchev–Trinajstić information content (AvgIpc) is 2.92. The molecule has 1 rings (SSSR count). The lowest BCUT2D eigenvalue weighted by Gasteiger charge is -2.10. The summed E-state index contributed by atoms with van der Waals surface area (Å²) in [5.41, 5.74) is 0. The maximum absolute atomic E-state index is 5.23. The summed E-state index contributed by atoms with van der Waals surface area (Å²) >= 11 is 0. The summed E-state index contributed by atoms with van der Waals surface area (Å²) in [5, 5.41) is 10.5. The van der Waals surface area contributed by atoms with Crippen LogP contribution in [0.25, 0.3) is 0 Å². The third-order valence-corrected chi connectivity index (χ3v) is 3.19. The Morgan fingerprint density at radius 2 is 2.00 bits per heavy atom. The molecule has 0 aliphatic rings. The molecule has 0 fully saturated rings. The first-order valence-electron chi connectivity index (χ1n) is 8.37. The van der Waals surface area contributed by atoms with E-state index in [1.54, 1.807) is 0 Å². The number of nitrogens with one attached hydrogen (secondary N) is 2. The second-order valence-corrected chi connectivity index (χ2v) is 6.17. The van der Waals surface area contributed by atoms with Gasteiger partial charge in [0, 0.05) is 32.0 Å². The Hall–Kier alpha value is -1.59. The summed E-state index contributed by atoms with van der Waals surface area (Å²) in [5.74, 6) is 3.33. The molecule has 1 heterocycles. The largest absolute Gasteiger partial charge is 0.357 e.